The van der Waals surface area contributed by atoms with Crippen molar-refractivity contribution in [1.29, 1.82) is 0 Å². The highest BCUT2D eigenvalue weighted by molar-refractivity contribution is 7.90. The van der Waals surface area contributed by atoms with Gasteiger partial charge in [-0.2, -0.15) is 0 Å². The Morgan fingerprint density at radius 1 is 1.37 bits per heavy atom. The molecule has 19 heavy (non-hydrogen) atoms. The number of hydrogen-bond acceptors (Lipinski definition) is 3. The van der Waals surface area contributed by atoms with Gasteiger partial charge in [0.05, 0.1) is 6.10 Å². The van der Waals surface area contributed by atoms with Crippen LogP contribution in [0.3, 0.4) is 0 Å². The minimum absolute atomic E-state index is 0.165. The average Bonchev–Trinajstić information content (AvgIpc) is 2.36. The van der Waals surface area contributed by atoms with Crippen molar-refractivity contribution < 1.29 is 13.5 Å². The summed E-state index contributed by atoms with van der Waals surface area (Å²) in [6.07, 6.45) is 5.10. The van der Waals surface area contributed by atoms with E-state index in [-0.39, 0.29) is 11.7 Å². The fourth-order valence-electron chi connectivity index (χ4n) is 2.95. The van der Waals surface area contributed by atoms with E-state index in [4.69, 9.17) is 0 Å². The number of hydrogen-bond donors (Lipinski definition) is 1. The third-order valence-electron chi connectivity index (χ3n) is 3.90. The Bertz CT molecular complexity index is 522. The highest BCUT2D eigenvalue weighted by Gasteiger charge is 2.26. The highest BCUT2D eigenvalue weighted by atomic mass is 32.2. The number of fused-ring (bicyclic) bond motifs is 1. The second-order valence-corrected chi connectivity index (χ2v) is 7.80. The molecular formula is C15H22O3S. The van der Waals surface area contributed by atoms with Gasteiger partial charge in [0.15, 0.2) is 0 Å². The third kappa shape index (κ3) is 4.05. The molecule has 0 aromatic heterocycles. The van der Waals surface area contributed by atoms with Crippen LogP contribution in [0.25, 0.3) is 0 Å². The summed E-state index contributed by atoms with van der Waals surface area (Å²) in [6, 6.07) is 8.28. The predicted molar refractivity (Wildman–Crippen MR) is 77.1 cm³/mol. The van der Waals surface area contributed by atoms with Crippen LogP contribution < -0.4 is 0 Å². The molecule has 0 saturated heterocycles. The van der Waals surface area contributed by atoms with Crippen molar-refractivity contribution in [3.05, 3.63) is 35.4 Å². The first-order valence-corrected chi connectivity index (χ1v) is 8.97. The Morgan fingerprint density at radius 3 is 2.84 bits per heavy atom. The van der Waals surface area contributed by atoms with Gasteiger partial charge in [0.1, 0.15) is 9.84 Å². The standard InChI is InChI=1S/C15H22O3S/c1-19(17,18)11-5-10-15(16)14-9-4-7-12-6-2-3-8-13(12)14/h2-3,6,8,14-16H,4-5,7,9-11H2,1H3. The SMILES string of the molecule is CS(=O)(=O)CCCC(O)C1CCCc2ccccc21. The van der Waals surface area contributed by atoms with Gasteiger partial charge in [-0.15, -0.1) is 0 Å². The van der Waals surface area contributed by atoms with E-state index in [0.29, 0.717) is 12.8 Å². The molecule has 0 heterocycles. The van der Waals surface area contributed by atoms with Crippen molar-refractivity contribution >= 4 is 9.84 Å². The molecule has 106 valence electrons. The predicted octanol–water partition coefficient (Wildman–Crippen LogP) is 2.29. The summed E-state index contributed by atoms with van der Waals surface area (Å²) in [7, 11) is -2.92. The summed E-state index contributed by atoms with van der Waals surface area (Å²) in [5.41, 5.74) is 2.58. The number of sulfone groups is 1. The van der Waals surface area contributed by atoms with E-state index in [9.17, 15) is 13.5 Å². The lowest BCUT2D eigenvalue weighted by atomic mass is 9.79. The highest BCUT2D eigenvalue weighted by Crippen LogP contribution is 2.35. The van der Waals surface area contributed by atoms with Gasteiger partial charge in [-0.3, -0.25) is 0 Å². The van der Waals surface area contributed by atoms with Gasteiger partial charge in [0.2, 0.25) is 0 Å². The van der Waals surface area contributed by atoms with Crippen LogP contribution >= 0.6 is 0 Å². The lowest BCUT2D eigenvalue weighted by molar-refractivity contribution is 0.124. The van der Waals surface area contributed by atoms with Gasteiger partial charge in [-0.25, -0.2) is 8.42 Å². The lowest BCUT2D eigenvalue weighted by Crippen LogP contribution is -2.23. The monoisotopic (exact) mass is 282 g/mol. The normalized spacial score (nSPS) is 20.8. The van der Waals surface area contributed by atoms with Crippen LogP contribution in [0.5, 0.6) is 0 Å². The van der Waals surface area contributed by atoms with Gasteiger partial charge in [-0.05, 0) is 43.2 Å². The van der Waals surface area contributed by atoms with E-state index < -0.39 is 15.9 Å². The van der Waals surface area contributed by atoms with Crippen molar-refractivity contribution in [3.63, 3.8) is 0 Å². The second kappa shape index (κ2) is 6.06. The van der Waals surface area contributed by atoms with Gasteiger partial charge < -0.3 is 5.11 Å². The molecule has 2 rings (SSSR count). The molecule has 0 spiro atoms. The summed E-state index contributed by atoms with van der Waals surface area (Å²) in [5, 5.41) is 10.3. The van der Waals surface area contributed by atoms with Gasteiger partial charge in [0.25, 0.3) is 0 Å². The van der Waals surface area contributed by atoms with E-state index in [1.165, 1.54) is 17.4 Å². The molecular weight excluding hydrogens is 260 g/mol. The van der Waals surface area contributed by atoms with E-state index in [0.717, 1.165) is 19.3 Å². The zero-order chi connectivity index (χ0) is 13.9. The van der Waals surface area contributed by atoms with Crippen LogP contribution in [-0.2, 0) is 16.3 Å². The average molecular weight is 282 g/mol. The minimum atomic E-state index is -2.92. The zero-order valence-corrected chi connectivity index (χ0v) is 12.2. The maximum Gasteiger partial charge on any atom is 0.147 e. The summed E-state index contributed by atoms with van der Waals surface area (Å²) in [4.78, 5) is 0. The quantitative estimate of drug-likeness (QED) is 0.901. The smallest absolute Gasteiger partial charge is 0.147 e. The van der Waals surface area contributed by atoms with Crippen LogP contribution in [0.1, 0.15) is 42.7 Å². The van der Waals surface area contributed by atoms with Crippen molar-refractivity contribution in [2.24, 2.45) is 0 Å². The summed E-state index contributed by atoms with van der Waals surface area (Å²) >= 11 is 0. The lowest BCUT2D eigenvalue weighted by Gasteiger charge is -2.29. The largest absolute Gasteiger partial charge is 0.392 e. The van der Waals surface area contributed by atoms with Gasteiger partial charge in [-0.1, -0.05) is 24.3 Å². The van der Waals surface area contributed by atoms with Crippen LogP contribution in [-0.4, -0.2) is 31.6 Å². The Labute approximate surface area is 115 Å². The first kappa shape index (κ1) is 14.5. The summed E-state index contributed by atoms with van der Waals surface area (Å²) < 4.78 is 22.2. The molecule has 1 aromatic rings. The van der Waals surface area contributed by atoms with E-state index in [1.54, 1.807) is 0 Å². The molecule has 2 atom stereocenters. The third-order valence-corrected chi connectivity index (χ3v) is 4.93. The number of aliphatic hydroxyl groups excluding tert-OH is 1. The Morgan fingerprint density at radius 2 is 2.11 bits per heavy atom. The first-order chi connectivity index (χ1) is 8.97. The molecule has 1 aliphatic rings. The Hall–Kier alpha value is -0.870. The minimum Gasteiger partial charge on any atom is -0.392 e. The van der Waals surface area contributed by atoms with Gasteiger partial charge in [0, 0.05) is 17.9 Å². The maximum atomic E-state index is 11.1. The molecule has 3 nitrogen and oxygen atoms in total. The van der Waals surface area contributed by atoms with Crippen molar-refractivity contribution in [3.8, 4) is 0 Å². The van der Waals surface area contributed by atoms with E-state index in [1.807, 2.05) is 12.1 Å². The molecule has 4 heteroatoms. The Kier molecular flexibility index (Phi) is 4.63. The fraction of sp³-hybridized carbons (Fsp3) is 0.600. The van der Waals surface area contributed by atoms with Gasteiger partial charge >= 0.3 is 0 Å². The fourth-order valence-corrected chi connectivity index (χ4v) is 3.64. The van der Waals surface area contributed by atoms with Crippen LogP contribution in [0.2, 0.25) is 0 Å². The van der Waals surface area contributed by atoms with Crippen molar-refractivity contribution in [1.82, 2.24) is 0 Å². The molecule has 0 aliphatic heterocycles. The Balaban J connectivity index is 1.99. The van der Waals surface area contributed by atoms with E-state index in [2.05, 4.69) is 12.1 Å². The molecule has 0 amide bonds. The molecule has 0 fully saturated rings. The van der Waals surface area contributed by atoms with Crippen LogP contribution in [0.4, 0.5) is 0 Å². The van der Waals surface area contributed by atoms with Crippen LogP contribution in [0, 0.1) is 0 Å². The number of benzene rings is 1. The maximum absolute atomic E-state index is 11.1. The number of aryl methyl sites for hydroxylation is 1. The molecule has 0 saturated carbocycles. The molecule has 2 unspecified atom stereocenters. The number of aliphatic hydroxyl groups is 1. The molecule has 1 aliphatic carbocycles. The first-order valence-electron chi connectivity index (χ1n) is 6.91. The zero-order valence-electron chi connectivity index (χ0n) is 11.4. The van der Waals surface area contributed by atoms with E-state index >= 15 is 0 Å². The molecule has 1 aromatic carbocycles. The summed E-state index contributed by atoms with van der Waals surface area (Å²) in [5.74, 6) is 0.336. The second-order valence-electron chi connectivity index (χ2n) is 5.54. The molecule has 1 N–H and O–H groups in total. The van der Waals surface area contributed by atoms with Crippen LogP contribution in [0.15, 0.2) is 24.3 Å². The molecule has 0 bridgehead atoms. The molecule has 0 radical (unpaired) electrons. The topological polar surface area (TPSA) is 54.4 Å². The van der Waals surface area contributed by atoms with Crippen molar-refractivity contribution in [2.45, 2.75) is 44.1 Å². The summed E-state index contributed by atoms with van der Waals surface area (Å²) in [6.45, 7) is 0. The van der Waals surface area contributed by atoms with Crippen molar-refractivity contribution in [2.75, 3.05) is 12.0 Å². The number of rotatable bonds is 5.